The smallest absolute Gasteiger partial charge is 0.123 e. The molecule has 0 atom stereocenters. The van der Waals surface area contributed by atoms with Crippen LogP contribution in [0.1, 0.15) is 25.0 Å². The molecule has 0 saturated carbocycles. The lowest BCUT2D eigenvalue weighted by Crippen LogP contribution is -2.38. The molecule has 0 unspecified atom stereocenters. The summed E-state index contributed by atoms with van der Waals surface area (Å²) in [5, 5.41) is 12.5. The number of benzene rings is 3. The molecule has 4 rings (SSSR count). The molecule has 0 aromatic heterocycles. The molecule has 0 aliphatic carbocycles. The van der Waals surface area contributed by atoms with E-state index in [0.717, 1.165) is 56.3 Å². The lowest BCUT2D eigenvalue weighted by molar-refractivity contribution is 0.0282. The number of halogens is 1. The molecule has 0 bridgehead atoms. The molecule has 3 aromatic carbocycles. The van der Waals surface area contributed by atoms with Crippen molar-refractivity contribution in [2.24, 2.45) is 0 Å². The summed E-state index contributed by atoms with van der Waals surface area (Å²) in [5.74, 6) is 1.70. The third-order valence-corrected chi connectivity index (χ3v) is 5.66. The Kier molecular flexibility index (Phi) is 8.98. The summed E-state index contributed by atoms with van der Waals surface area (Å²) in [5.41, 5.74) is 1.44. The van der Waals surface area contributed by atoms with Gasteiger partial charge in [-0.15, -0.1) is 12.4 Å². The Morgan fingerprint density at radius 1 is 0.939 bits per heavy atom. The third kappa shape index (κ3) is 7.34. The van der Waals surface area contributed by atoms with E-state index in [4.69, 9.17) is 14.2 Å². The highest BCUT2D eigenvalue weighted by atomic mass is 35.5. The summed E-state index contributed by atoms with van der Waals surface area (Å²) >= 11 is 0. The lowest BCUT2D eigenvalue weighted by atomic mass is 9.97. The fourth-order valence-corrected chi connectivity index (χ4v) is 3.91. The summed E-state index contributed by atoms with van der Waals surface area (Å²) in [6.07, 6.45) is 0.747. The molecule has 6 heteroatoms. The first-order valence-electron chi connectivity index (χ1n) is 11.4. The molecular weight excluding hydrogens is 438 g/mol. The number of morpholine rings is 1. The van der Waals surface area contributed by atoms with Crippen LogP contribution in [0.25, 0.3) is 10.8 Å². The summed E-state index contributed by atoms with van der Waals surface area (Å²) in [6.45, 7) is 8.93. The van der Waals surface area contributed by atoms with E-state index in [1.165, 1.54) is 16.3 Å². The van der Waals surface area contributed by atoms with Crippen molar-refractivity contribution < 1.29 is 19.3 Å². The number of nitrogens with zero attached hydrogens (tertiary/aromatic N) is 1. The Bertz CT molecular complexity index is 1010. The predicted octanol–water partition coefficient (Wildman–Crippen LogP) is 4.71. The van der Waals surface area contributed by atoms with Crippen LogP contribution in [0, 0.1) is 0 Å². The van der Waals surface area contributed by atoms with E-state index in [1.807, 2.05) is 24.3 Å². The number of aliphatic hydroxyl groups is 1. The van der Waals surface area contributed by atoms with Gasteiger partial charge in [-0.3, -0.25) is 4.90 Å². The molecular formula is C27H34ClNO4. The van der Waals surface area contributed by atoms with E-state index in [9.17, 15) is 5.11 Å². The minimum atomic E-state index is -0.886. The van der Waals surface area contributed by atoms with Crippen molar-refractivity contribution >= 4 is 23.2 Å². The molecule has 178 valence electrons. The zero-order chi connectivity index (χ0) is 22.4. The monoisotopic (exact) mass is 471 g/mol. The Hall–Kier alpha value is -2.31. The predicted molar refractivity (Wildman–Crippen MR) is 135 cm³/mol. The topological polar surface area (TPSA) is 51.2 Å². The molecule has 5 nitrogen and oxygen atoms in total. The van der Waals surface area contributed by atoms with Crippen molar-refractivity contribution in [1.29, 1.82) is 0 Å². The quantitative estimate of drug-likeness (QED) is 0.489. The highest BCUT2D eigenvalue weighted by molar-refractivity contribution is 5.88. The van der Waals surface area contributed by atoms with Gasteiger partial charge in [0.1, 0.15) is 24.7 Å². The first-order valence-corrected chi connectivity index (χ1v) is 11.4. The molecule has 0 radical (unpaired) electrons. The van der Waals surface area contributed by atoms with Gasteiger partial charge in [-0.25, -0.2) is 0 Å². The van der Waals surface area contributed by atoms with E-state index >= 15 is 0 Å². The second-order valence-electron chi connectivity index (χ2n) is 8.99. The number of fused-ring (bicyclic) bond motifs is 1. The fraction of sp³-hybridized carbons (Fsp3) is 0.407. The highest BCUT2D eigenvalue weighted by Gasteiger charge is 2.16. The van der Waals surface area contributed by atoms with Crippen molar-refractivity contribution in [2.45, 2.75) is 25.9 Å². The number of rotatable bonds is 9. The molecule has 1 saturated heterocycles. The maximum absolute atomic E-state index is 10.1. The van der Waals surface area contributed by atoms with Gasteiger partial charge in [-0.1, -0.05) is 42.5 Å². The van der Waals surface area contributed by atoms with Crippen molar-refractivity contribution in [2.75, 3.05) is 46.1 Å². The highest BCUT2D eigenvalue weighted by Crippen LogP contribution is 2.31. The van der Waals surface area contributed by atoms with E-state index in [-0.39, 0.29) is 19.0 Å². The van der Waals surface area contributed by atoms with Crippen LogP contribution in [0.4, 0.5) is 0 Å². The minimum absolute atomic E-state index is 0. The van der Waals surface area contributed by atoms with Gasteiger partial charge in [0, 0.05) is 31.6 Å². The van der Waals surface area contributed by atoms with Gasteiger partial charge in [0.15, 0.2) is 0 Å². The van der Waals surface area contributed by atoms with Crippen LogP contribution in [-0.2, 0) is 11.2 Å². The van der Waals surface area contributed by atoms with Gasteiger partial charge in [0.25, 0.3) is 0 Å². The average molecular weight is 472 g/mol. The molecule has 1 fully saturated rings. The fourth-order valence-electron chi connectivity index (χ4n) is 3.91. The molecule has 1 heterocycles. The minimum Gasteiger partial charge on any atom is -0.492 e. The van der Waals surface area contributed by atoms with Crippen molar-refractivity contribution in [3.8, 4) is 11.5 Å². The third-order valence-electron chi connectivity index (χ3n) is 5.66. The van der Waals surface area contributed by atoms with Crippen LogP contribution in [0.2, 0.25) is 0 Å². The van der Waals surface area contributed by atoms with E-state index < -0.39 is 5.60 Å². The van der Waals surface area contributed by atoms with Crippen LogP contribution in [-0.4, -0.2) is 61.7 Å². The maximum atomic E-state index is 10.1. The summed E-state index contributed by atoms with van der Waals surface area (Å²) in [4.78, 5) is 2.37. The second kappa shape index (κ2) is 11.7. The summed E-state index contributed by atoms with van der Waals surface area (Å²) in [6, 6.07) is 20.7. The largest absolute Gasteiger partial charge is 0.492 e. The second-order valence-corrected chi connectivity index (χ2v) is 8.99. The first-order chi connectivity index (χ1) is 15.5. The van der Waals surface area contributed by atoms with Gasteiger partial charge in [-0.05, 0) is 48.4 Å². The molecule has 1 N–H and O–H groups in total. The normalized spacial score (nSPS) is 14.6. The standard InChI is InChI=1S/C27H33NO4.ClH/c1-27(2,29)20-32-26-12-9-22-5-3-4-6-24(22)25(26)19-21-7-10-23(11-8-21)31-18-15-28-13-16-30-17-14-28;/h3-12,29H,13-20H2,1-2H3;1H. The number of ether oxygens (including phenoxy) is 3. The Labute approximate surface area is 202 Å². The van der Waals surface area contributed by atoms with E-state index in [1.54, 1.807) is 13.8 Å². The van der Waals surface area contributed by atoms with Crippen LogP contribution in [0.15, 0.2) is 60.7 Å². The van der Waals surface area contributed by atoms with Gasteiger partial charge in [-0.2, -0.15) is 0 Å². The maximum Gasteiger partial charge on any atom is 0.123 e. The van der Waals surface area contributed by atoms with Crippen LogP contribution >= 0.6 is 12.4 Å². The van der Waals surface area contributed by atoms with Gasteiger partial charge in [0.05, 0.1) is 18.8 Å². The van der Waals surface area contributed by atoms with Crippen molar-refractivity contribution in [1.82, 2.24) is 4.90 Å². The number of hydrogen-bond acceptors (Lipinski definition) is 5. The number of hydrogen-bond donors (Lipinski definition) is 1. The van der Waals surface area contributed by atoms with Crippen molar-refractivity contribution in [3.05, 3.63) is 71.8 Å². The van der Waals surface area contributed by atoms with E-state index in [0.29, 0.717) is 6.61 Å². The Morgan fingerprint density at radius 2 is 1.67 bits per heavy atom. The average Bonchev–Trinajstić information content (AvgIpc) is 2.80. The molecule has 0 amide bonds. The van der Waals surface area contributed by atoms with Gasteiger partial charge < -0.3 is 19.3 Å². The first kappa shape index (κ1) is 25.3. The van der Waals surface area contributed by atoms with Crippen LogP contribution in [0.5, 0.6) is 11.5 Å². The summed E-state index contributed by atoms with van der Waals surface area (Å²) in [7, 11) is 0. The lowest BCUT2D eigenvalue weighted by Gasteiger charge is -2.26. The molecule has 1 aliphatic rings. The van der Waals surface area contributed by atoms with E-state index in [2.05, 4.69) is 41.3 Å². The molecule has 3 aromatic rings. The Balaban J connectivity index is 0.00000306. The van der Waals surface area contributed by atoms with Gasteiger partial charge in [0.2, 0.25) is 0 Å². The van der Waals surface area contributed by atoms with Crippen LogP contribution in [0.3, 0.4) is 0 Å². The Morgan fingerprint density at radius 3 is 2.39 bits per heavy atom. The van der Waals surface area contributed by atoms with Crippen molar-refractivity contribution in [3.63, 3.8) is 0 Å². The SMILES string of the molecule is CC(C)(O)COc1ccc2ccccc2c1Cc1ccc(OCCN2CCOCC2)cc1.Cl. The van der Waals surface area contributed by atoms with Gasteiger partial charge >= 0.3 is 0 Å². The summed E-state index contributed by atoms with van der Waals surface area (Å²) < 4.78 is 17.4. The molecule has 1 aliphatic heterocycles. The van der Waals surface area contributed by atoms with Crippen LogP contribution < -0.4 is 9.47 Å². The zero-order valence-electron chi connectivity index (χ0n) is 19.5. The zero-order valence-corrected chi connectivity index (χ0v) is 20.3. The molecule has 33 heavy (non-hydrogen) atoms. The molecule has 0 spiro atoms.